The van der Waals surface area contributed by atoms with Crippen molar-refractivity contribution in [1.82, 2.24) is 20.4 Å². The number of alkyl carbamates (subject to hydrolysis) is 1. The van der Waals surface area contributed by atoms with Crippen LogP contribution in [0.25, 0.3) is 0 Å². The van der Waals surface area contributed by atoms with E-state index < -0.39 is 17.9 Å². The molecule has 0 bridgehead atoms. The predicted octanol–water partition coefficient (Wildman–Crippen LogP) is 6.88. The first-order valence-corrected chi connectivity index (χ1v) is 15.8. The Balaban J connectivity index is 1.85. The number of hydrogen-bond acceptors (Lipinski definition) is 7. The van der Waals surface area contributed by atoms with Crippen molar-refractivity contribution in [3.8, 4) is 17.5 Å². The zero-order chi connectivity index (χ0) is 28.1. The first kappa shape index (κ1) is 31.0. The second-order valence-electron chi connectivity index (χ2n) is 10.7. The standard InChI is InChI=1S/C29H47N5O4S/c1-5-9-19-29(8-4,20-10-6-2)33-21-18-24(38-26(35)30-23-16-14-12-13-15-17-23)34(28(33)36)25-31-32-27(39-25)37-22-11-7-3/h4,23-24H,5-7,9-22H2,1-3H3,(H,30,35). The quantitative estimate of drug-likeness (QED) is 0.151. The van der Waals surface area contributed by atoms with Crippen LogP contribution in [-0.4, -0.2) is 58.2 Å². The topological polar surface area (TPSA) is 96.9 Å². The van der Waals surface area contributed by atoms with Crippen molar-refractivity contribution in [1.29, 1.82) is 0 Å². The van der Waals surface area contributed by atoms with E-state index in [1.165, 1.54) is 29.1 Å². The third-order valence-electron chi connectivity index (χ3n) is 7.74. The van der Waals surface area contributed by atoms with Crippen molar-refractivity contribution >= 4 is 28.6 Å². The average Bonchev–Trinajstić information content (AvgIpc) is 3.24. The Hall–Kier alpha value is -2.54. The molecule has 218 valence electrons. The van der Waals surface area contributed by atoms with Gasteiger partial charge in [0, 0.05) is 19.0 Å². The second kappa shape index (κ2) is 15.9. The molecule has 3 rings (SSSR count). The molecule has 0 spiro atoms. The maximum absolute atomic E-state index is 14.2. The van der Waals surface area contributed by atoms with Gasteiger partial charge < -0.3 is 19.7 Å². The van der Waals surface area contributed by atoms with Gasteiger partial charge in [0.15, 0.2) is 6.23 Å². The van der Waals surface area contributed by atoms with Crippen LogP contribution in [0.1, 0.15) is 117 Å². The Morgan fingerprint density at radius 2 is 1.72 bits per heavy atom. The fourth-order valence-corrected chi connectivity index (χ4v) is 6.15. The lowest BCUT2D eigenvalue weighted by atomic mass is 9.85. The number of carbonyl (C=O) groups excluding carboxylic acids is 2. The number of carbonyl (C=O) groups is 2. The van der Waals surface area contributed by atoms with E-state index in [9.17, 15) is 9.59 Å². The Morgan fingerprint density at radius 3 is 2.33 bits per heavy atom. The molecule has 1 aliphatic carbocycles. The normalized spacial score (nSPS) is 18.9. The SMILES string of the molecule is C#CC(CCCC)(CCCC)N1CCC(OC(=O)NC2CCCCCC2)N(c2nnc(OCCCC)s2)C1=O. The molecule has 1 aromatic heterocycles. The smallest absolute Gasteiger partial charge is 0.409 e. The summed E-state index contributed by atoms with van der Waals surface area (Å²) in [5.41, 5.74) is -0.694. The lowest BCUT2D eigenvalue weighted by Gasteiger charge is -2.47. The van der Waals surface area contributed by atoms with Gasteiger partial charge in [-0.2, -0.15) is 0 Å². The fourth-order valence-electron chi connectivity index (χ4n) is 5.40. The molecule has 1 atom stereocenters. The van der Waals surface area contributed by atoms with E-state index in [0.29, 0.717) is 29.9 Å². The highest BCUT2D eigenvalue weighted by Crippen LogP contribution is 2.37. The molecule has 0 aromatic carbocycles. The molecule has 1 unspecified atom stereocenters. The molecule has 2 fully saturated rings. The van der Waals surface area contributed by atoms with Crippen LogP contribution in [0.3, 0.4) is 0 Å². The highest BCUT2D eigenvalue weighted by Gasteiger charge is 2.46. The van der Waals surface area contributed by atoms with Crippen molar-refractivity contribution < 1.29 is 19.1 Å². The molecular weight excluding hydrogens is 514 g/mol. The summed E-state index contributed by atoms with van der Waals surface area (Å²) in [6.07, 6.45) is 19.0. The number of hydrogen-bond donors (Lipinski definition) is 1. The van der Waals surface area contributed by atoms with Crippen LogP contribution in [0.15, 0.2) is 0 Å². The summed E-state index contributed by atoms with van der Waals surface area (Å²) in [6, 6.07) is -0.198. The number of unbranched alkanes of at least 4 members (excludes halogenated alkanes) is 3. The van der Waals surface area contributed by atoms with E-state index >= 15 is 0 Å². The van der Waals surface area contributed by atoms with Gasteiger partial charge in [-0.3, -0.25) is 0 Å². The van der Waals surface area contributed by atoms with Crippen LogP contribution >= 0.6 is 11.3 Å². The van der Waals surface area contributed by atoms with Crippen LogP contribution in [0.4, 0.5) is 14.7 Å². The lowest BCUT2D eigenvalue weighted by Crippen LogP contribution is -2.63. The minimum Gasteiger partial charge on any atom is -0.469 e. The van der Waals surface area contributed by atoms with Crippen molar-refractivity contribution in [2.45, 2.75) is 135 Å². The van der Waals surface area contributed by atoms with Gasteiger partial charge >= 0.3 is 12.1 Å². The molecule has 1 N–H and O–H groups in total. The van der Waals surface area contributed by atoms with Gasteiger partial charge in [-0.05, 0) is 43.4 Å². The summed E-state index contributed by atoms with van der Waals surface area (Å²) >= 11 is 1.19. The molecule has 0 radical (unpaired) electrons. The molecule has 2 heterocycles. The molecule has 9 nitrogen and oxygen atoms in total. The largest absolute Gasteiger partial charge is 0.469 e. The van der Waals surface area contributed by atoms with Gasteiger partial charge in [0.1, 0.15) is 5.54 Å². The Morgan fingerprint density at radius 1 is 1.05 bits per heavy atom. The van der Waals surface area contributed by atoms with Crippen molar-refractivity contribution in [2.24, 2.45) is 0 Å². The van der Waals surface area contributed by atoms with Gasteiger partial charge in [-0.1, -0.05) is 89.6 Å². The molecule has 1 aliphatic heterocycles. The van der Waals surface area contributed by atoms with Gasteiger partial charge in [0.05, 0.1) is 6.61 Å². The molecule has 2 aliphatic rings. The third-order valence-corrected chi connectivity index (χ3v) is 8.58. The second-order valence-corrected chi connectivity index (χ2v) is 11.6. The number of amides is 3. The van der Waals surface area contributed by atoms with Crippen LogP contribution < -0.4 is 15.0 Å². The van der Waals surface area contributed by atoms with Gasteiger partial charge in [-0.15, -0.1) is 11.5 Å². The number of nitrogens with one attached hydrogen (secondary N) is 1. The predicted molar refractivity (Wildman–Crippen MR) is 155 cm³/mol. The lowest BCUT2D eigenvalue weighted by molar-refractivity contribution is 0.0485. The number of anilines is 1. The van der Waals surface area contributed by atoms with Crippen LogP contribution in [0.5, 0.6) is 5.19 Å². The summed E-state index contributed by atoms with van der Waals surface area (Å²) in [5.74, 6) is 3.01. The number of aromatic nitrogens is 2. The number of urea groups is 1. The first-order valence-electron chi connectivity index (χ1n) is 15.0. The highest BCUT2D eigenvalue weighted by atomic mass is 32.1. The van der Waals surface area contributed by atoms with Crippen LogP contribution in [0, 0.1) is 12.3 Å². The van der Waals surface area contributed by atoms with E-state index in [2.05, 4.69) is 42.2 Å². The Kier molecular flexibility index (Phi) is 12.6. The van der Waals surface area contributed by atoms with E-state index in [1.54, 1.807) is 4.90 Å². The molecule has 1 saturated heterocycles. The molecule has 3 amide bonds. The summed E-state index contributed by atoms with van der Waals surface area (Å²) in [4.78, 5) is 30.5. The fraction of sp³-hybridized carbons (Fsp3) is 0.793. The van der Waals surface area contributed by atoms with E-state index in [0.717, 1.165) is 77.0 Å². The molecule has 10 heteroatoms. The molecular formula is C29H47N5O4S. The zero-order valence-electron chi connectivity index (χ0n) is 24.1. The minimum absolute atomic E-state index is 0.0986. The van der Waals surface area contributed by atoms with Crippen molar-refractivity contribution in [3.05, 3.63) is 0 Å². The van der Waals surface area contributed by atoms with E-state index in [1.807, 2.05) is 0 Å². The summed E-state index contributed by atoms with van der Waals surface area (Å²) in [6.45, 7) is 7.29. The van der Waals surface area contributed by atoms with E-state index in [-0.39, 0.29) is 12.1 Å². The van der Waals surface area contributed by atoms with E-state index in [4.69, 9.17) is 15.9 Å². The number of ether oxygens (including phenoxy) is 2. The number of rotatable bonds is 14. The molecule has 39 heavy (non-hydrogen) atoms. The van der Waals surface area contributed by atoms with Crippen LogP contribution in [0.2, 0.25) is 0 Å². The number of nitrogens with zero attached hydrogens (tertiary/aromatic N) is 4. The molecule has 1 saturated carbocycles. The summed E-state index contributed by atoms with van der Waals surface area (Å²) in [7, 11) is 0. The van der Waals surface area contributed by atoms with Gasteiger partial charge in [0.25, 0.3) is 5.19 Å². The average molecular weight is 562 g/mol. The zero-order valence-corrected chi connectivity index (χ0v) is 24.9. The highest BCUT2D eigenvalue weighted by molar-refractivity contribution is 7.17. The monoisotopic (exact) mass is 561 g/mol. The molecule has 1 aromatic rings. The van der Waals surface area contributed by atoms with Crippen LogP contribution in [-0.2, 0) is 4.74 Å². The minimum atomic E-state index is -0.802. The van der Waals surface area contributed by atoms with Gasteiger partial charge in [-0.25, -0.2) is 14.5 Å². The summed E-state index contributed by atoms with van der Waals surface area (Å²) in [5, 5.41) is 12.2. The third kappa shape index (κ3) is 8.47. The summed E-state index contributed by atoms with van der Waals surface area (Å²) < 4.78 is 11.7. The Labute approximate surface area is 238 Å². The maximum Gasteiger partial charge on any atom is 0.409 e. The number of terminal acetylenes is 1. The Bertz CT molecular complexity index is 932. The maximum atomic E-state index is 14.2. The first-order chi connectivity index (χ1) is 19.0. The van der Waals surface area contributed by atoms with Crippen molar-refractivity contribution in [2.75, 3.05) is 18.1 Å². The van der Waals surface area contributed by atoms with Crippen molar-refractivity contribution in [3.63, 3.8) is 0 Å². The van der Waals surface area contributed by atoms with Gasteiger partial charge in [0.2, 0.25) is 5.13 Å².